The van der Waals surface area contributed by atoms with Gasteiger partial charge in [0.15, 0.2) is 0 Å². The Bertz CT molecular complexity index is 369. The Balaban J connectivity index is 2.21. The number of hydrogen-bond donors (Lipinski definition) is 1. The third-order valence-corrected chi connectivity index (χ3v) is 3.84. The first-order valence-electron chi connectivity index (χ1n) is 6.71. The summed E-state index contributed by atoms with van der Waals surface area (Å²) >= 11 is 0. The lowest BCUT2D eigenvalue weighted by Gasteiger charge is -2.25. The molecule has 1 nitrogen and oxygen atoms in total. The van der Waals surface area contributed by atoms with Gasteiger partial charge in [-0.1, -0.05) is 31.9 Å². The molecule has 0 aromatic heterocycles. The number of halogens is 1. The van der Waals surface area contributed by atoms with Gasteiger partial charge in [0.1, 0.15) is 5.82 Å². The second-order valence-corrected chi connectivity index (χ2v) is 5.09. The minimum atomic E-state index is -0.101. The van der Waals surface area contributed by atoms with E-state index in [1.165, 1.54) is 31.2 Å². The first-order chi connectivity index (χ1) is 8.22. The molecule has 2 heteroatoms. The van der Waals surface area contributed by atoms with Gasteiger partial charge in [0.05, 0.1) is 0 Å². The van der Waals surface area contributed by atoms with Crippen molar-refractivity contribution in [2.45, 2.75) is 45.6 Å². The van der Waals surface area contributed by atoms with Crippen molar-refractivity contribution in [3.63, 3.8) is 0 Å². The van der Waals surface area contributed by atoms with Crippen molar-refractivity contribution in [3.05, 3.63) is 35.1 Å². The summed E-state index contributed by atoms with van der Waals surface area (Å²) in [5.74, 6) is 0.621. The van der Waals surface area contributed by atoms with Crippen LogP contribution in [0.3, 0.4) is 0 Å². The third kappa shape index (κ3) is 2.86. The molecular formula is C15H22FN. The van der Waals surface area contributed by atoms with Crippen molar-refractivity contribution in [2.75, 3.05) is 6.54 Å². The normalized spacial score (nSPS) is 18.5. The number of nitrogens with one attached hydrogen (secondary N) is 1. The second-order valence-electron chi connectivity index (χ2n) is 5.09. The summed E-state index contributed by atoms with van der Waals surface area (Å²) in [7, 11) is 0. The molecule has 0 spiro atoms. The summed E-state index contributed by atoms with van der Waals surface area (Å²) in [5.41, 5.74) is 2.00. The fourth-order valence-corrected chi connectivity index (χ4v) is 2.93. The predicted molar refractivity (Wildman–Crippen MR) is 69.5 cm³/mol. The molecule has 94 valence electrons. The van der Waals surface area contributed by atoms with Crippen molar-refractivity contribution in [3.8, 4) is 0 Å². The number of rotatable bonds is 4. The maximum atomic E-state index is 13.3. The van der Waals surface area contributed by atoms with E-state index in [4.69, 9.17) is 0 Å². The van der Waals surface area contributed by atoms with Gasteiger partial charge in [-0.3, -0.25) is 0 Å². The van der Waals surface area contributed by atoms with Crippen LogP contribution in [0.5, 0.6) is 0 Å². The maximum absolute atomic E-state index is 13.3. The van der Waals surface area contributed by atoms with Gasteiger partial charge in [-0.2, -0.15) is 0 Å². The number of hydrogen-bond acceptors (Lipinski definition) is 1. The zero-order valence-corrected chi connectivity index (χ0v) is 10.8. The van der Waals surface area contributed by atoms with Gasteiger partial charge in [-0.15, -0.1) is 0 Å². The van der Waals surface area contributed by atoms with Crippen LogP contribution in [0.4, 0.5) is 4.39 Å². The van der Waals surface area contributed by atoms with E-state index in [0.717, 1.165) is 18.0 Å². The maximum Gasteiger partial charge on any atom is 0.126 e. The van der Waals surface area contributed by atoms with Crippen LogP contribution in [-0.2, 0) is 0 Å². The summed E-state index contributed by atoms with van der Waals surface area (Å²) in [5, 5.41) is 3.57. The molecule has 1 aliphatic carbocycles. The Morgan fingerprint density at radius 3 is 2.65 bits per heavy atom. The third-order valence-electron chi connectivity index (χ3n) is 3.84. The molecule has 0 heterocycles. The second kappa shape index (κ2) is 5.63. The minimum absolute atomic E-state index is 0.101. The summed E-state index contributed by atoms with van der Waals surface area (Å²) in [6.07, 6.45) is 5.28. The quantitative estimate of drug-likeness (QED) is 0.832. The van der Waals surface area contributed by atoms with Gasteiger partial charge in [0, 0.05) is 6.04 Å². The van der Waals surface area contributed by atoms with Gasteiger partial charge in [-0.25, -0.2) is 4.39 Å². The van der Waals surface area contributed by atoms with E-state index >= 15 is 0 Å². The molecule has 1 atom stereocenters. The lowest BCUT2D eigenvalue weighted by molar-refractivity contribution is 0.374. The Morgan fingerprint density at radius 1 is 1.35 bits per heavy atom. The average Bonchev–Trinajstić information content (AvgIpc) is 2.83. The van der Waals surface area contributed by atoms with Gasteiger partial charge in [-0.05, 0) is 49.4 Å². The van der Waals surface area contributed by atoms with Crippen LogP contribution >= 0.6 is 0 Å². The summed E-state index contributed by atoms with van der Waals surface area (Å²) in [6, 6.07) is 5.95. The monoisotopic (exact) mass is 235 g/mol. The fraction of sp³-hybridized carbons (Fsp3) is 0.600. The van der Waals surface area contributed by atoms with Crippen molar-refractivity contribution < 1.29 is 4.39 Å². The van der Waals surface area contributed by atoms with Crippen LogP contribution in [0.1, 0.15) is 49.8 Å². The average molecular weight is 235 g/mol. The zero-order chi connectivity index (χ0) is 12.3. The Labute approximate surface area is 103 Å². The van der Waals surface area contributed by atoms with Crippen LogP contribution in [-0.4, -0.2) is 6.54 Å². The molecule has 1 aromatic carbocycles. The van der Waals surface area contributed by atoms with Gasteiger partial charge < -0.3 is 5.32 Å². The molecule has 1 aromatic rings. The molecule has 1 unspecified atom stereocenters. The van der Waals surface area contributed by atoms with Crippen molar-refractivity contribution in [2.24, 2.45) is 5.92 Å². The van der Waals surface area contributed by atoms with E-state index in [1.807, 2.05) is 19.1 Å². The van der Waals surface area contributed by atoms with Gasteiger partial charge in [0.2, 0.25) is 0 Å². The topological polar surface area (TPSA) is 12.0 Å². The van der Waals surface area contributed by atoms with Crippen LogP contribution in [0.25, 0.3) is 0 Å². The fourth-order valence-electron chi connectivity index (χ4n) is 2.93. The number of aryl methyl sites for hydroxylation is 1. The van der Waals surface area contributed by atoms with Gasteiger partial charge in [0.25, 0.3) is 0 Å². The summed E-state index contributed by atoms with van der Waals surface area (Å²) < 4.78 is 13.3. The first kappa shape index (κ1) is 12.6. The van der Waals surface area contributed by atoms with E-state index in [9.17, 15) is 4.39 Å². The molecule has 17 heavy (non-hydrogen) atoms. The first-order valence-corrected chi connectivity index (χ1v) is 6.71. The largest absolute Gasteiger partial charge is 0.310 e. The van der Waals surface area contributed by atoms with E-state index in [1.54, 1.807) is 6.07 Å². The van der Waals surface area contributed by atoms with Crippen LogP contribution in [0.2, 0.25) is 0 Å². The molecule has 1 N–H and O–H groups in total. The molecule has 0 radical (unpaired) electrons. The number of benzene rings is 1. The highest BCUT2D eigenvalue weighted by Crippen LogP contribution is 2.36. The van der Waals surface area contributed by atoms with E-state index in [2.05, 4.69) is 12.2 Å². The molecule has 0 aliphatic heterocycles. The van der Waals surface area contributed by atoms with E-state index < -0.39 is 0 Å². The minimum Gasteiger partial charge on any atom is -0.310 e. The lowest BCUT2D eigenvalue weighted by Crippen LogP contribution is -2.27. The van der Waals surface area contributed by atoms with Crippen LogP contribution in [0.15, 0.2) is 18.2 Å². The van der Waals surface area contributed by atoms with Crippen molar-refractivity contribution in [1.29, 1.82) is 0 Å². The highest BCUT2D eigenvalue weighted by molar-refractivity contribution is 5.27. The Morgan fingerprint density at radius 2 is 2.06 bits per heavy atom. The molecule has 1 aliphatic rings. The molecule has 2 rings (SSSR count). The smallest absolute Gasteiger partial charge is 0.126 e. The predicted octanol–water partition coefficient (Wildman–Crippen LogP) is 3.97. The zero-order valence-electron chi connectivity index (χ0n) is 10.8. The van der Waals surface area contributed by atoms with Crippen molar-refractivity contribution in [1.82, 2.24) is 5.32 Å². The lowest BCUT2D eigenvalue weighted by atomic mass is 9.91. The molecule has 0 bridgehead atoms. The molecular weight excluding hydrogens is 213 g/mol. The Kier molecular flexibility index (Phi) is 4.16. The van der Waals surface area contributed by atoms with E-state index in [0.29, 0.717) is 6.04 Å². The van der Waals surface area contributed by atoms with Crippen molar-refractivity contribution >= 4 is 0 Å². The van der Waals surface area contributed by atoms with Crippen LogP contribution < -0.4 is 5.32 Å². The highest BCUT2D eigenvalue weighted by Gasteiger charge is 2.25. The van der Waals surface area contributed by atoms with Gasteiger partial charge >= 0.3 is 0 Å². The SMILES string of the molecule is CCNC(c1ccc(F)c(C)c1)C1CCCC1. The molecule has 1 saturated carbocycles. The standard InChI is InChI=1S/C15H22FN/c1-3-17-15(12-6-4-5-7-12)13-8-9-14(16)11(2)10-13/h8-10,12,15,17H,3-7H2,1-2H3. The molecule has 1 fully saturated rings. The van der Waals surface area contributed by atoms with Crippen LogP contribution in [0, 0.1) is 18.7 Å². The summed E-state index contributed by atoms with van der Waals surface area (Å²) in [6.45, 7) is 4.95. The van der Waals surface area contributed by atoms with E-state index in [-0.39, 0.29) is 5.82 Å². The molecule has 0 amide bonds. The summed E-state index contributed by atoms with van der Waals surface area (Å²) in [4.78, 5) is 0. The Hall–Kier alpha value is -0.890. The molecule has 0 saturated heterocycles. The highest BCUT2D eigenvalue weighted by atomic mass is 19.1.